The van der Waals surface area contributed by atoms with Gasteiger partial charge in [-0.15, -0.1) is 0 Å². The number of H-pyrrole nitrogens is 1. The van der Waals surface area contributed by atoms with Crippen LogP contribution in [0.3, 0.4) is 0 Å². The van der Waals surface area contributed by atoms with Crippen LogP contribution in [0.15, 0.2) is 61.7 Å². The van der Waals surface area contributed by atoms with E-state index in [1.807, 2.05) is 23.3 Å². The molecule has 0 radical (unpaired) electrons. The molecule has 1 fully saturated rings. The summed E-state index contributed by atoms with van der Waals surface area (Å²) in [6.07, 6.45) is 8.55. The van der Waals surface area contributed by atoms with Crippen LogP contribution in [-0.4, -0.2) is 55.2 Å². The lowest BCUT2D eigenvalue weighted by Gasteiger charge is -2.36. The molecule has 33 heavy (non-hydrogen) atoms. The number of benzene rings is 1. The topological polar surface area (TPSA) is 101 Å². The first-order valence-electron chi connectivity index (χ1n) is 10.9. The number of nitrogens with zero attached hydrogens (tertiary/aromatic N) is 5. The fourth-order valence-electron chi connectivity index (χ4n) is 3.98. The van der Waals surface area contributed by atoms with Crippen molar-refractivity contribution in [1.29, 1.82) is 0 Å². The van der Waals surface area contributed by atoms with E-state index in [9.17, 15) is 4.79 Å². The number of aromatic amines is 1. The van der Waals surface area contributed by atoms with E-state index >= 15 is 0 Å². The van der Waals surface area contributed by atoms with Crippen molar-refractivity contribution in [2.24, 2.45) is 5.92 Å². The number of carbonyl (C=O) groups is 1. The molecule has 168 valence electrons. The fraction of sp³-hybridized carbons (Fsp3) is 0.250. The number of anilines is 1. The number of carbonyl (C=O) groups excluding carboxylic acids is 1. The normalized spacial score (nSPS) is 14.2. The van der Waals surface area contributed by atoms with Crippen molar-refractivity contribution >= 4 is 22.8 Å². The summed E-state index contributed by atoms with van der Waals surface area (Å²) in [6, 6.07) is 7.06. The molecule has 9 nitrogen and oxygen atoms in total. The molecule has 3 aromatic heterocycles. The first-order chi connectivity index (χ1) is 16.1. The smallest absolute Gasteiger partial charge is 0.247 e. The number of ether oxygens (including phenoxy) is 1. The number of hydrogen-bond donors (Lipinski definition) is 2. The number of rotatable bonds is 8. The van der Waals surface area contributed by atoms with Crippen LogP contribution in [0.25, 0.3) is 22.3 Å². The van der Waals surface area contributed by atoms with Gasteiger partial charge in [-0.05, 0) is 24.1 Å². The minimum Gasteiger partial charge on any atom is -0.437 e. The average Bonchev–Trinajstić information content (AvgIpc) is 3.42. The first kappa shape index (κ1) is 20.9. The summed E-state index contributed by atoms with van der Waals surface area (Å²) in [6.45, 7) is 9.92. The molecule has 1 amide bonds. The van der Waals surface area contributed by atoms with Crippen LogP contribution in [0.4, 0.5) is 5.69 Å². The highest BCUT2D eigenvalue weighted by molar-refractivity contribution is 5.99. The zero-order valence-corrected chi connectivity index (χ0v) is 18.4. The zero-order chi connectivity index (χ0) is 22.8. The lowest BCUT2D eigenvalue weighted by Crippen LogP contribution is -2.46. The van der Waals surface area contributed by atoms with Gasteiger partial charge < -0.3 is 19.9 Å². The molecule has 5 rings (SSSR count). The number of likely N-dealkylation sites (tertiary alicyclic amines) is 1. The Hall–Kier alpha value is -3.98. The average molecular weight is 444 g/mol. The van der Waals surface area contributed by atoms with Crippen molar-refractivity contribution in [3.63, 3.8) is 0 Å². The monoisotopic (exact) mass is 443 g/mol. The maximum atomic E-state index is 11.5. The van der Waals surface area contributed by atoms with Crippen LogP contribution in [-0.2, 0) is 11.3 Å². The van der Waals surface area contributed by atoms with Gasteiger partial charge in [-0.3, -0.25) is 9.48 Å². The van der Waals surface area contributed by atoms with E-state index in [2.05, 4.69) is 43.8 Å². The summed E-state index contributed by atoms with van der Waals surface area (Å²) in [4.78, 5) is 26.2. The zero-order valence-electron chi connectivity index (χ0n) is 18.4. The van der Waals surface area contributed by atoms with E-state index in [1.165, 1.54) is 19.2 Å². The Kier molecular flexibility index (Phi) is 5.62. The molecule has 0 atom stereocenters. The van der Waals surface area contributed by atoms with Gasteiger partial charge in [0.25, 0.3) is 0 Å². The van der Waals surface area contributed by atoms with Gasteiger partial charge in [-0.1, -0.05) is 19.6 Å². The highest BCUT2D eigenvalue weighted by Gasteiger charge is 2.21. The van der Waals surface area contributed by atoms with Crippen molar-refractivity contribution in [3.05, 3.63) is 61.7 Å². The second-order valence-corrected chi connectivity index (χ2v) is 8.29. The number of nitrogens with one attached hydrogen (secondary N) is 2. The van der Waals surface area contributed by atoms with Crippen molar-refractivity contribution in [1.82, 2.24) is 29.6 Å². The minimum absolute atomic E-state index is 0.287. The highest BCUT2D eigenvalue weighted by atomic mass is 16.5. The van der Waals surface area contributed by atoms with E-state index < -0.39 is 0 Å². The van der Waals surface area contributed by atoms with Gasteiger partial charge in [-0.25, -0.2) is 9.97 Å². The molecule has 1 saturated heterocycles. The molecule has 1 aliphatic heterocycles. The van der Waals surface area contributed by atoms with Crippen LogP contribution in [0.1, 0.15) is 6.92 Å². The Morgan fingerprint density at radius 1 is 1.33 bits per heavy atom. The quantitative estimate of drug-likeness (QED) is 0.403. The SMILES string of the molecule is C=CC(=O)Nc1cccc(Oc2cnc3[nH]cc(-c4cnn(CCN5CC(C)C5)c4)c3n2)c1. The standard InChI is InChI=1S/C24H25N7O2/c1-3-21(32)28-18-5-4-6-19(9-18)33-22-12-26-24-23(29-22)20(11-25-24)17-10-27-31(15-17)8-7-30-13-16(2)14-30/h3-6,9-12,15-16H,1,7-8,13-14H2,2H3,(H,25,26)(H,28,32). The highest BCUT2D eigenvalue weighted by Crippen LogP contribution is 2.29. The summed E-state index contributed by atoms with van der Waals surface area (Å²) in [5.41, 5.74) is 3.87. The molecule has 9 heteroatoms. The van der Waals surface area contributed by atoms with Gasteiger partial charge in [0.05, 0.1) is 18.9 Å². The van der Waals surface area contributed by atoms with E-state index in [1.54, 1.807) is 30.5 Å². The lowest BCUT2D eigenvalue weighted by atomic mass is 10.0. The second-order valence-electron chi connectivity index (χ2n) is 8.29. The summed E-state index contributed by atoms with van der Waals surface area (Å²) in [5.74, 6) is 1.41. The Balaban J connectivity index is 1.33. The lowest BCUT2D eigenvalue weighted by molar-refractivity contribution is -0.111. The first-order valence-corrected chi connectivity index (χ1v) is 10.9. The predicted octanol–water partition coefficient (Wildman–Crippen LogP) is 3.69. The molecule has 4 heterocycles. The van der Waals surface area contributed by atoms with Crippen molar-refractivity contribution < 1.29 is 9.53 Å². The maximum absolute atomic E-state index is 11.5. The Morgan fingerprint density at radius 3 is 3.03 bits per heavy atom. The fourth-order valence-corrected chi connectivity index (χ4v) is 3.98. The molecule has 1 aromatic carbocycles. The third-order valence-corrected chi connectivity index (χ3v) is 5.60. The van der Waals surface area contributed by atoms with Crippen molar-refractivity contribution in [2.75, 3.05) is 25.0 Å². The van der Waals surface area contributed by atoms with E-state index in [0.717, 1.165) is 30.1 Å². The largest absolute Gasteiger partial charge is 0.437 e. The van der Waals surface area contributed by atoms with E-state index in [-0.39, 0.29) is 5.91 Å². The van der Waals surface area contributed by atoms with E-state index in [0.29, 0.717) is 28.5 Å². The molecule has 0 aliphatic carbocycles. The molecule has 4 aromatic rings. The van der Waals surface area contributed by atoms with Gasteiger partial charge >= 0.3 is 0 Å². The predicted molar refractivity (Wildman–Crippen MR) is 126 cm³/mol. The Bertz CT molecular complexity index is 1300. The molecule has 2 N–H and O–H groups in total. The van der Waals surface area contributed by atoms with Crippen molar-refractivity contribution in [2.45, 2.75) is 13.5 Å². The summed E-state index contributed by atoms with van der Waals surface area (Å²) < 4.78 is 7.88. The van der Waals surface area contributed by atoms with Crippen LogP contribution in [0.5, 0.6) is 11.6 Å². The minimum atomic E-state index is -0.287. The number of fused-ring (bicyclic) bond motifs is 1. The molecule has 0 spiro atoms. The molecule has 0 saturated carbocycles. The Morgan fingerprint density at radius 2 is 2.21 bits per heavy atom. The van der Waals surface area contributed by atoms with E-state index in [4.69, 9.17) is 4.74 Å². The van der Waals surface area contributed by atoms with Crippen LogP contribution >= 0.6 is 0 Å². The summed E-state index contributed by atoms with van der Waals surface area (Å²) in [7, 11) is 0. The van der Waals surface area contributed by atoms with Gasteiger partial charge in [0.2, 0.25) is 11.8 Å². The Labute approximate surface area is 191 Å². The number of aromatic nitrogens is 5. The maximum Gasteiger partial charge on any atom is 0.247 e. The van der Waals surface area contributed by atoms with Crippen LogP contribution in [0, 0.1) is 5.92 Å². The molecule has 1 aliphatic rings. The van der Waals surface area contributed by atoms with Crippen LogP contribution in [0.2, 0.25) is 0 Å². The number of amides is 1. The molecular weight excluding hydrogens is 418 g/mol. The van der Waals surface area contributed by atoms with Crippen LogP contribution < -0.4 is 10.1 Å². The summed E-state index contributed by atoms with van der Waals surface area (Å²) in [5, 5.41) is 7.23. The second kappa shape index (κ2) is 8.87. The molecular formula is C24H25N7O2. The van der Waals surface area contributed by atoms with Crippen molar-refractivity contribution in [3.8, 4) is 22.8 Å². The van der Waals surface area contributed by atoms with Gasteiger partial charge in [0.1, 0.15) is 11.3 Å². The van der Waals surface area contributed by atoms with Gasteiger partial charge in [0.15, 0.2) is 5.65 Å². The molecule has 0 unspecified atom stereocenters. The molecule has 0 bridgehead atoms. The van der Waals surface area contributed by atoms with Gasteiger partial charge in [0, 0.05) is 54.9 Å². The third kappa shape index (κ3) is 4.63. The summed E-state index contributed by atoms with van der Waals surface area (Å²) >= 11 is 0. The van der Waals surface area contributed by atoms with Gasteiger partial charge in [-0.2, -0.15) is 5.10 Å². The number of hydrogen-bond acceptors (Lipinski definition) is 6. The third-order valence-electron chi connectivity index (χ3n) is 5.60.